The van der Waals surface area contributed by atoms with Gasteiger partial charge in [-0.1, -0.05) is 36.4 Å². The van der Waals surface area contributed by atoms with E-state index < -0.39 is 16.0 Å². The fraction of sp³-hybridized carbons (Fsp3) is 0.370. The number of rotatable bonds is 14. The Labute approximate surface area is 214 Å². The second kappa shape index (κ2) is 13.4. The van der Waals surface area contributed by atoms with Crippen molar-refractivity contribution in [3.8, 4) is 16.9 Å². The molecule has 0 N–H and O–H groups in total. The first-order valence-corrected chi connectivity index (χ1v) is 15.0. The van der Waals surface area contributed by atoms with Crippen molar-refractivity contribution in [3.63, 3.8) is 0 Å². The highest BCUT2D eigenvalue weighted by molar-refractivity contribution is 7.67. The Morgan fingerprint density at radius 1 is 0.833 bits per heavy atom. The molecule has 0 bridgehead atoms. The molecule has 0 aliphatic heterocycles. The molecule has 0 unspecified atom stereocenters. The van der Waals surface area contributed by atoms with Crippen LogP contribution >= 0.6 is 16.0 Å². The molecule has 36 heavy (non-hydrogen) atoms. The summed E-state index contributed by atoms with van der Waals surface area (Å²) in [4.78, 5) is 13.9. The summed E-state index contributed by atoms with van der Waals surface area (Å²) < 4.78 is 41.6. The lowest BCUT2D eigenvalue weighted by molar-refractivity contribution is 0.103. The summed E-state index contributed by atoms with van der Waals surface area (Å²) in [6, 6.07) is 17.3. The Bertz CT molecular complexity index is 1190. The number of carbonyl (C=O) groups is 1. The molecular weight excluding hydrogens is 498 g/mol. The van der Waals surface area contributed by atoms with Crippen molar-refractivity contribution >= 4 is 32.3 Å². The molecule has 0 radical (unpaired) electrons. The maximum Gasteiger partial charge on any atom is 0.335 e. The monoisotopic (exact) mass is 532 g/mol. The van der Waals surface area contributed by atoms with Gasteiger partial charge in [0.25, 0.3) is 0 Å². The zero-order valence-corrected chi connectivity index (χ0v) is 23.3. The summed E-state index contributed by atoms with van der Waals surface area (Å²) in [5.74, 6) is 0.738. The molecule has 9 heteroatoms. The number of benzene rings is 3. The van der Waals surface area contributed by atoms with Crippen LogP contribution in [-0.2, 0) is 28.8 Å². The molecule has 0 heterocycles. The van der Waals surface area contributed by atoms with Crippen molar-refractivity contribution in [2.45, 2.75) is 33.9 Å². The van der Waals surface area contributed by atoms with E-state index in [0.717, 1.165) is 27.6 Å². The standard InChI is InChI=1S/C27H34O7P2/c1-6-31-35(32-7-2)27(28)25-18-24(20-14-16-21(30-5)17-15-20)22-12-10-11-13-23(22)26(25)19-36(29,33-8-3)34-9-4/h10-18H,6-9,19H2,1-5H3. The number of hydrogen-bond donors (Lipinski definition) is 0. The normalized spacial score (nSPS) is 11.8. The third-order valence-corrected chi connectivity index (χ3v) is 9.01. The molecule has 0 saturated heterocycles. The molecule has 3 rings (SSSR count). The molecular formula is C27H34O7P2. The summed E-state index contributed by atoms with van der Waals surface area (Å²) in [6.07, 6.45) is -0.0411. The quantitative estimate of drug-likeness (QED) is 0.196. The van der Waals surface area contributed by atoms with Gasteiger partial charge in [-0.15, -0.1) is 0 Å². The van der Waals surface area contributed by atoms with E-state index in [1.165, 1.54) is 0 Å². The van der Waals surface area contributed by atoms with Gasteiger partial charge in [0.1, 0.15) is 5.75 Å². The van der Waals surface area contributed by atoms with Crippen molar-refractivity contribution in [2.24, 2.45) is 0 Å². The second-order valence-corrected chi connectivity index (χ2v) is 11.2. The minimum absolute atomic E-state index is 0.0411. The maximum absolute atomic E-state index is 13.9. The van der Waals surface area contributed by atoms with E-state index in [-0.39, 0.29) is 24.9 Å². The van der Waals surface area contributed by atoms with Crippen molar-refractivity contribution in [1.82, 2.24) is 0 Å². The zero-order chi connectivity index (χ0) is 26.1. The molecule has 7 nitrogen and oxygen atoms in total. The number of ether oxygens (including phenoxy) is 1. The second-order valence-electron chi connectivity index (χ2n) is 7.73. The summed E-state index contributed by atoms with van der Waals surface area (Å²) in [5.41, 5.74) is 2.51. The highest BCUT2D eigenvalue weighted by Crippen LogP contribution is 2.54. The van der Waals surface area contributed by atoms with E-state index in [4.69, 9.17) is 22.8 Å². The first kappa shape index (κ1) is 28.5. The molecule has 0 spiro atoms. The third-order valence-electron chi connectivity index (χ3n) is 5.45. The van der Waals surface area contributed by atoms with Crippen molar-refractivity contribution in [2.75, 3.05) is 33.5 Å². The summed E-state index contributed by atoms with van der Waals surface area (Å²) in [7, 11) is -3.74. The SMILES string of the molecule is CCOP(OCC)C(=O)c1cc(-c2ccc(OC)cc2)c2ccccc2c1CP(=O)(OCC)OCC. The van der Waals surface area contributed by atoms with Gasteiger partial charge in [-0.05, 0) is 73.4 Å². The molecule has 0 aromatic heterocycles. The fourth-order valence-electron chi connectivity index (χ4n) is 4.01. The van der Waals surface area contributed by atoms with E-state index in [1.54, 1.807) is 21.0 Å². The van der Waals surface area contributed by atoms with Gasteiger partial charge in [0.2, 0.25) is 13.9 Å². The lowest BCUT2D eigenvalue weighted by Gasteiger charge is -2.23. The average molecular weight is 533 g/mol. The van der Waals surface area contributed by atoms with E-state index in [0.29, 0.717) is 24.3 Å². The van der Waals surface area contributed by atoms with Crippen LogP contribution in [0.4, 0.5) is 0 Å². The van der Waals surface area contributed by atoms with Crippen LogP contribution in [0.3, 0.4) is 0 Å². The van der Waals surface area contributed by atoms with Gasteiger partial charge in [-0.2, -0.15) is 0 Å². The summed E-state index contributed by atoms with van der Waals surface area (Å²) >= 11 is 0. The van der Waals surface area contributed by atoms with Crippen LogP contribution in [0.25, 0.3) is 21.9 Å². The number of fused-ring (bicyclic) bond motifs is 1. The predicted octanol–water partition coefficient (Wildman–Crippen LogP) is 7.81. The Kier molecular flexibility index (Phi) is 10.6. The van der Waals surface area contributed by atoms with Crippen LogP contribution in [0.1, 0.15) is 43.6 Å². The van der Waals surface area contributed by atoms with E-state index in [1.807, 2.05) is 68.4 Å². The molecule has 0 fully saturated rings. The van der Waals surface area contributed by atoms with Gasteiger partial charge in [0.15, 0.2) is 0 Å². The van der Waals surface area contributed by atoms with Gasteiger partial charge < -0.3 is 22.8 Å². The Morgan fingerprint density at radius 2 is 1.42 bits per heavy atom. The van der Waals surface area contributed by atoms with Gasteiger partial charge in [0.05, 0.1) is 39.7 Å². The van der Waals surface area contributed by atoms with Gasteiger partial charge >= 0.3 is 7.60 Å². The molecule has 0 saturated carbocycles. The van der Waals surface area contributed by atoms with E-state index in [9.17, 15) is 9.36 Å². The van der Waals surface area contributed by atoms with Crippen LogP contribution in [-0.4, -0.2) is 39.1 Å². The molecule has 194 valence electrons. The van der Waals surface area contributed by atoms with Crippen molar-refractivity contribution in [1.29, 1.82) is 0 Å². The molecule has 0 amide bonds. The average Bonchev–Trinajstić information content (AvgIpc) is 2.88. The largest absolute Gasteiger partial charge is 0.497 e. The topological polar surface area (TPSA) is 80.3 Å². The van der Waals surface area contributed by atoms with Gasteiger partial charge in [-0.3, -0.25) is 9.36 Å². The molecule has 3 aromatic carbocycles. The Hall–Kier alpha value is -2.11. The van der Waals surface area contributed by atoms with Crippen LogP contribution in [0.15, 0.2) is 54.6 Å². The van der Waals surface area contributed by atoms with Crippen molar-refractivity contribution < 1.29 is 32.2 Å². The fourth-order valence-corrected chi connectivity index (χ4v) is 6.96. The van der Waals surface area contributed by atoms with Gasteiger partial charge in [0, 0.05) is 5.56 Å². The number of hydrogen-bond acceptors (Lipinski definition) is 7. The molecule has 0 atom stereocenters. The van der Waals surface area contributed by atoms with Crippen LogP contribution < -0.4 is 4.74 Å². The molecule has 0 aliphatic rings. The predicted molar refractivity (Wildman–Crippen MR) is 145 cm³/mol. The molecule has 0 aliphatic carbocycles. The third kappa shape index (κ3) is 6.60. The Balaban J connectivity index is 2.30. The van der Waals surface area contributed by atoms with E-state index >= 15 is 0 Å². The van der Waals surface area contributed by atoms with Crippen LogP contribution in [0.5, 0.6) is 5.75 Å². The van der Waals surface area contributed by atoms with Crippen molar-refractivity contribution in [3.05, 3.63) is 65.7 Å². The number of methoxy groups -OCH3 is 1. The first-order valence-electron chi connectivity index (χ1n) is 12.1. The number of carbonyl (C=O) groups excluding carboxylic acids is 1. The lowest BCUT2D eigenvalue weighted by atomic mass is 9.92. The van der Waals surface area contributed by atoms with Gasteiger partial charge in [-0.25, -0.2) is 0 Å². The van der Waals surface area contributed by atoms with E-state index in [2.05, 4.69) is 0 Å². The summed E-state index contributed by atoms with van der Waals surface area (Å²) in [5, 5.41) is 1.72. The highest BCUT2D eigenvalue weighted by atomic mass is 31.2. The smallest absolute Gasteiger partial charge is 0.335 e. The lowest BCUT2D eigenvalue weighted by Crippen LogP contribution is -2.09. The highest BCUT2D eigenvalue weighted by Gasteiger charge is 2.32. The molecule has 3 aromatic rings. The minimum Gasteiger partial charge on any atom is -0.497 e. The Morgan fingerprint density at radius 3 is 1.94 bits per heavy atom. The van der Waals surface area contributed by atoms with Crippen LogP contribution in [0.2, 0.25) is 0 Å². The maximum atomic E-state index is 13.9. The van der Waals surface area contributed by atoms with Crippen LogP contribution in [0, 0.1) is 0 Å². The zero-order valence-electron chi connectivity index (χ0n) is 21.5. The first-order chi connectivity index (χ1) is 17.4. The summed E-state index contributed by atoms with van der Waals surface area (Å²) in [6.45, 7) is 8.32. The minimum atomic E-state index is -3.51.